The van der Waals surface area contributed by atoms with Gasteiger partial charge in [0.1, 0.15) is 12.1 Å². The summed E-state index contributed by atoms with van der Waals surface area (Å²) in [6.07, 6.45) is 11.0. The Bertz CT molecular complexity index is 535. The number of nitrogens with zero attached hydrogens (tertiary/aromatic N) is 1. The van der Waals surface area contributed by atoms with Gasteiger partial charge in [0.2, 0.25) is 0 Å². The summed E-state index contributed by atoms with van der Waals surface area (Å²) in [7, 11) is 0. The lowest BCUT2D eigenvalue weighted by Crippen LogP contribution is -2.69. The third-order valence-electron chi connectivity index (χ3n) is 6.77. The highest BCUT2D eigenvalue weighted by molar-refractivity contribution is 6.30. The van der Waals surface area contributed by atoms with Gasteiger partial charge < -0.3 is 9.59 Å². The summed E-state index contributed by atoms with van der Waals surface area (Å²) in [6, 6.07) is 8.12. The molecule has 3 aliphatic rings. The molecule has 3 fully saturated rings. The van der Waals surface area contributed by atoms with Crippen molar-refractivity contribution in [3.63, 3.8) is 0 Å². The molecule has 1 unspecified atom stereocenters. The fraction of sp³-hybridized carbons (Fsp3) is 0.727. The summed E-state index contributed by atoms with van der Waals surface area (Å²) in [4.78, 5) is 0. The maximum absolute atomic E-state index is 11.4. The first-order valence-corrected chi connectivity index (χ1v) is 10.7. The molecule has 3 heterocycles. The van der Waals surface area contributed by atoms with Crippen molar-refractivity contribution in [2.24, 2.45) is 5.92 Å². The van der Waals surface area contributed by atoms with E-state index in [1.165, 1.54) is 74.6 Å². The second-order valence-electron chi connectivity index (χ2n) is 8.59. The van der Waals surface area contributed by atoms with E-state index >= 15 is 0 Å². The van der Waals surface area contributed by atoms with Gasteiger partial charge in [-0.1, -0.05) is 49.9 Å². The first-order valence-electron chi connectivity index (χ1n) is 10.4. The third-order valence-corrected chi connectivity index (χ3v) is 7.02. The van der Waals surface area contributed by atoms with Gasteiger partial charge >= 0.3 is 0 Å². The molecule has 0 spiro atoms. The predicted molar refractivity (Wildman–Crippen MR) is 106 cm³/mol. The fourth-order valence-electron chi connectivity index (χ4n) is 5.17. The number of hydrogen-bond acceptors (Lipinski definition) is 1. The topological polar surface area (TPSA) is 20.2 Å². The SMILES string of the molecule is CCCCCCC[N+]12CCC(CC1)C(O)(CCc1ccc(Cl)cc1)C2. The lowest BCUT2D eigenvalue weighted by molar-refractivity contribution is -0.951. The number of halogens is 1. The van der Waals surface area contributed by atoms with Crippen LogP contribution in [0.15, 0.2) is 24.3 Å². The lowest BCUT2D eigenvalue weighted by Gasteiger charge is -2.56. The molecule has 1 N–H and O–H groups in total. The minimum atomic E-state index is -0.459. The highest BCUT2D eigenvalue weighted by atomic mass is 35.5. The summed E-state index contributed by atoms with van der Waals surface area (Å²) in [5, 5.41) is 12.2. The van der Waals surface area contributed by atoms with Crippen LogP contribution in [0.1, 0.15) is 63.9 Å². The first kappa shape index (κ1) is 19.2. The van der Waals surface area contributed by atoms with E-state index in [1.807, 2.05) is 12.1 Å². The molecular formula is C22H35ClNO+. The average molecular weight is 365 g/mol. The van der Waals surface area contributed by atoms with Crippen molar-refractivity contribution in [2.45, 2.75) is 70.3 Å². The molecule has 4 rings (SSSR count). The Morgan fingerprint density at radius 1 is 1.08 bits per heavy atom. The molecule has 2 bridgehead atoms. The smallest absolute Gasteiger partial charge is 0.117 e. The molecule has 25 heavy (non-hydrogen) atoms. The third kappa shape index (κ3) is 4.78. The molecule has 1 atom stereocenters. The minimum absolute atomic E-state index is 0.459. The van der Waals surface area contributed by atoms with Crippen LogP contribution in [0, 0.1) is 5.92 Å². The van der Waals surface area contributed by atoms with E-state index in [2.05, 4.69) is 19.1 Å². The average Bonchev–Trinajstić information content (AvgIpc) is 2.62. The van der Waals surface area contributed by atoms with Crippen molar-refractivity contribution in [1.29, 1.82) is 0 Å². The van der Waals surface area contributed by atoms with Gasteiger partial charge in [0.25, 0.3) is 0 Å². The summed E-state index contributed by atoms with van der Waals surface area (Å²) in [5.41, 5.74) is 0.833. The number of aryl methyl sites for hydroxylation is 1. The second kappa shape index (κ2) is 8.41. The molecule has 1 aromatic rings. The molecule has 0 radical (unpaired) electrons. The zero-order valence-corrected chi connectivity index (χ0v) is 16.6. The summed E-state index contributed by atoms with van der Waals surface area (Å²) in [5.74, 6) is 0.514. The zero-order valence-electron chi connectivity index (χ0n) is 15.9. The van der Waals surface area contributed by atoms with Crippen molar-refractivity contribution in [3.05, 3.63) is 34.9 Å². The van der Waals surface area contributed by atoms with Crippen LogP contribution in [0.3, 0.4) is 0 Å². The fourth-order valence-corrected chi connectivity index (χ4v) is 5.30. The van der Waals surface area contributed by atoms with E-state index in [0.717, 1.165) is 24.4 Å². The molecule has 3 heteroatoms. The zero-order chi connectivity index (χ0) is 17.8. The van der Waals surface area contributed by atoms with E-state index in [-0.39, 0.29) is 0 Å². The molecule has 0 saturated carbocycles. The highest BCUT2D eigenvalue weighted by Gasteiger charge is 2.53. The van der Waals surface area contributed by atoms with Crippen LogP contribution in [0.5, 0.6) is 0 Å². The number of piperidine rings is 3. The van der Waals surface area contributed by atoms with Gasteiger partial charge in [-0.25, -0.2) is 0 Å². The van der Waals surface area contributed by atoms with Gasteiger partial charge in [-0.05, 0) is 43.4 Å². The maximum atomic E-state index is 11.4. The van der Waals surface area contributed by atoms with E-state index in [4.69, 9.17) is 11.6 Å². The molecule has 0 aromatic heterocycles. The minimum Gasteiger partial charge on any atom is -0.384 e. The molecule has 0 aliphatic carbocycles. The molecule has 3 aliphatic heterocycles. The predicted octanol–water partition coefficient (Wildman–Crippen LogP) is 5.21. The molecule has 1 aromatic carbocycles. The van der Waals surface area contributed by atoms with E-state index in [9.17, 15) is 5.11 Å². The Balaban J connectivity index is 1.55. The van der Waals surface area contributed by atoms with Gasteiger partial charge in [0, 0.05) is 23.8 Å². The van der Waals surface area contributed by atoms with Crippen molar-refractivity contribution in [3.8, 4) is 0 Å². The van der Waals surface area contributed by atoms with Crippen LogP contribution >= 0.6 is 11.6 Å². The summed E-state index contributed by atoms with van der Waals surface area (Å²) >= 11 is 5.99. The van der Waals surface area contributed by atoms with Crippen molar-refractivity contribution < 1.29 is 9.59 Å². The number of fused-ring (bicyclic) bond motifs is 3. The van der Waals surface area contributed by atoms with Crippen LogP contribution in [0.2, 0.25) is 5.02 Å². The Hall–Kier alpha value is -0.570. The second-order valence-corrected chi connectivity index (χ2v) is 9.03. The first-order chi connectivity index (χ1) is 12.1. The van der Waals surface area contributed by atoms with Crippen LogP contribution in [-0.4, -0.2) is 41.4 Å². The van der Waals surface area contributed by atoms with Gasteiger partial charge in [-0.15, -0.1) is 0 Å². The van der Waals surface area contributed by atoms with E-state index in [1.54, 1.807) is 0 Å². The molecule has 3 saturated heterocycles. The van der Waals surface area contributed by atoms with Gasteiger partial charge in [0.05, 0.1) is 19.6 Å². The van der Waals surface area contributed by atoms with Crippen LogP contribution in [0.25, 0.3) is 0 Å². The van der Waals surface area contributed by atoms with Crippen LogP contribution in [0.4, 0.5) is 0 Å². The van der Waals surface area contributed by atoms with Crippen molar-refractivity contribution >= 4 is 11.6 Å². The number of rotatable bonds is 9. The largest absolute Gasteiger partial charge is 0.384 e. The number of quaternary nitrogens is 1. The number of unbranched alkanes of at least 4 members (excludes halogenated alkanes) is 4. The molecule has 140 valence electrons. The Morgan fingerprint density at radius 3 is 2.44 bits per heavy atom. The lowest BCUT2D eigenvalue weighted by atomic mass is 9.71. The molecule has 2 nitrogen and oxygen atoms in total. The van der Waals surface area contributed by atoms with Gasteiger partial charge in [-0.2, -0.15) is 0 Å². The highest BCUT2D eigenvalue weighted by Crippen LogP contribution is 2.43. The number of benzene rings is 1. The normalized spacial score (nSPS) is 31.4. The number of hydrogen-bond donors (Lipinski definition) is 1. The summed E-state index contributed by atoms with van der Waals surface area (Å²) < 4.78 is 1.18. The van der Waals surface area contributed by atoms with E-state index < -0.39 is 5.60 Å². The van der Waals surface area contributed by atoms with Gasteiger partial charge in [0.15, 0.2) is 0 Å². The molecular weight excluding hydrogens is 330 g/mol. The Labute approximate surface area is 158 Å². The standard InChI is InChI=1S/C22H35ClNO/c1-2-3-4-5-6-15-24-16-12-20(13-17-24)22(25,18-24)14-11-19-7-9-21(23)10-8-19/h7-10,20,25H,2-6,11-18H2,1H3/q+1. The van der Waals surface area contributed by atoms with Crippen LogP contribution < -0.4 is 0 Å². The molecule has 0 amide bonds. The maximum Gasteiger partial charge on any atom is 0.117 e. The van der Waals surface area contributed by atoms with Crippen LogP contribution in [-0.2, 0) is 6.42 Å². The monoisotopic (exact) mass is 364 g/mol. The van der Waals surface area contributed by atoms with Crippen molar-refractivity contribution in [2.75, 3.05) is 26.2 Å². The van der Waals surface area contributed by atoms with Gasteiger partial charge in [-0.3, -0.25) is 0 Å². The quantitative estimate of drug-likeness (QED) is 0.470. The summed E-state index contributed by atoms with van der Waals surface area (Å²) in [6.45, 7) is 7.13. The Kier molecular flexibility index (Phi) is 6.46. The van der Waals surface area contributed by atoms with E-state index in [0.29, 0.717) is 5.92 Å². The Morgan fingerprint density at radius 2 is 1.76 bits per heavy atom. The van der Waals surface area contributed by atoms with Crippen molar-refractivity contribution in [1.82, 2.24) is 0 Å². The number of aliphatic hydroxyl groups is 1.